The molecule has 0 aliphatic rings. The molecule has 152 valence electrons. The molecule has 8 nitrogen and oxygen atoms in total. The van der Waals surface area contributed by atoms with Crippen LogP contribution in [0.4, 0.5) is 0 Å². The van der Waals surface area contributed by atoms with Gasteiger partial charge in [0.15, 0.2) is 17.3 Å². The summed E-state index contributed by atoms with van der Waals surface area (Å²) in [4.78, 5) is 17.3. The summed E-state index contributed by atoms with van der Waals surface area (Å²) in [6.07, 6.45) is 0. The minimum atomic E-state index is -0.381. The standard InChI is InChI=1S/C21H24N4O4/c1-12-6-8-14(9-7-12)20-23-19(24-25-20)13(2)22-21(26)15-10-16(27-3)18(29-5)17(11-15)28-4/h6-11,13H,1-5H3,(H,22,26)(H,23,24,25)/t13-/m0/s1. The van der Waals surface area contributed by atoms with Crippen molar-refractivity contribution in [3.05, 3.63) is 53.3 Å². The highest BCUT2D eigenvalue weighted by Crippen LogP contribution is 2.38. The van der Waals surface area contributed by atoms with Crippen LogP contribution in [0.1, 0.15) is 34.7 Å². The number of benzene rings is 2. The molecule has 0 aliphatic heterocycles. The summed E-state index contributed by atoms with van der Waals surface area (Å²) in [6.45, 7) is 3.85. The molecule has 0 fully saturated rings. The Bertz CT molecular complexity index is 973. The maximum Gasteiger partial charge on any atom is 0.252 e. The quantitative estimate of drug-likeness (QED) is 0.636. The molecule has 2 N–H and O–H groups in total. The predicted molar refractivity (Wildman–Crippen MR) is 109 cm³/mol. The number of aryl methyl sites for hydroxylation is 1. The van der Waals surface area contributed by atoms with Crippen LogP contribution in [0.3, 0.4) is 0 Å². The van der Waals surface area contributed by atoms with Gasteiger partial charge in [-0.25, -0.2) is 4.98 Å². The van der Waals surface area contributed by atoms with Crippen molar-refractivity contribution in [1.82, 2.24) is 20.5 Å². The Labute approximate surface area is 169 Å². The smallest absolute Gasteiger partial charge is 0.252 e. The topological polar surface area (TPSA) is 98.4 Å². The van der Waals surface area contributed by atoms with E-state index >= 15 is 0 Å². The Morgan fingerprint density at radius 2 is 1.66 bits per heavy atom. The van der Waals surface area contributed by atoms with Gasteiger partial charge in [0.2, 0.25) is 5.75 Å². The average molecular weight is 396 g/mol. The van der Waals surface area contributed by atoms with Crippen LogP contribution < -0.4 is 19.5 Å². The Morgan fingerprint density at radius 3 is 2.21 bits per heavy atom. The van der Waals surface area contributed by atoms with E-state index in [0.717, 1.165) is 11.1 Å². The first-order chi connectivity index (χ1) is 14.0. The van der Waals surface area contributed by atoms with Gasteiger partial charge in [0.25, 0.3) is 5.91 Å². The van der Waals surface area contributed by atoms with Crippen molar-refractivity contribution in [2.45, 2.75) is 19.9 Å². The fourth-order valence-electron chi connectivity index (χ4n) is 2.86. The van der Waals surface area contributed by atoms with Gasteiger partial charge >= 0.3 is 0 Å². The second-order valence-electron chi connectivity index (χ2n) is 6.52. The Kier molecular flexibility index (Phi) is 6.01. The molecule has 1 aromatic heterocycles. The maximum atomic E-state index is 12.8. The number of ether oxygens (including phenoxy) is 3. The summed E-state index contributed by atoms with van der Waals surface area (Å²) in [5, 5.41) is 10.0. The van der Waals surface area contributed by atoms with E-state index in [9.17, 15) is 4.79 Å². The lowest BCUT2D eigenvalue weighted by molar-refractivity contribution is 0.0937. The van der Waals surface area contributed by atoms with Crippen molar-refractivity contribution in [1.29, 1.82) is 0 Å². The Balaban J connectivity index is 1.78. The van der Waals surface area contributed by atoms with Gasteiger partial charge in [-0.05, 0) is 26.0 Å². The molecular formula is C21H24N4O4. The molecule has 1 atom stereocenters. The second kappa shape index (κ2) is 8.64. The molecule has 0 saturated heterocycles. The summed E-state index contributed by atoms with van der Waals surface area (Å²) in [6, 6.07) is 10.7. The zero-order valence-corrected chi connectivity index (χ0v) is 17.1. The first-order valence-electron chi connectivity index (χ1n) is 9.07. The number of H-pyrrole nitrogens is 1. The molecule has 3 rings (SSSR count). The summed E-state index contributed by atoms with van der Waals surface area (Å²) in [7, 11) is 4.52. The number of hydrogen-bond acceptors (Lipinski definition) is 6. The van der Waals surface area contributed by atoms with Gasteiger partial charge in [0, 0.05) is 11.1 Å². The average Bonchev–Trinajstić information content (AvgIpc) is 3.23. The van der Waals surface area contributed by atoms with E-state index in [2.05, 4.69) is 20.5 Å². The number of hydrogen-bond donors (Lipinski definition) is 2. The largest absolute Gasteiger partial charge is 0.493 e. The van der Waals surface area contributed by atoms with Crippen LogP contribution >= 0.6 is 0 Å². The number of methoxy groups -OCH3 is 3. The summed E-state index contributed by atoms with van der Waals surface area (Å²) < 4.78 is 15.9. The van der Waals surface area contributed by atoms with Gasteiger partial charge in [0.1, 0.15) is 5.82 Å². The molecule has 0 saturated carbocycles. The number of nitrogens with zero attached hydrogens (tertiary/aromatic N) is 2. The lowest BCUT2D eigenvalue weighted by Crippen LogP contribution is -2.27. The lowest BCUT2D eigenvalue weighted by Gasteiger charge is -2.15. The molecule has 1 heterocycles. The molecule has 3 aromatic rings. The van der Waals surface area contributed by atoms with Gasteiger partial charge in [-0.15, -0.1) is 0 Å². The van der Waals surface area contributed by atoms with E-state index in [1.165, 1.54) is 21.3 Å². The summed E-state index contributed by atoms with van der Waals surface area (Å²) in [5.41, 5.74) is 2.45. The lowest BCUT2D eigenvalue weighted by atomic mass is 10.1. The van der Waals surface area contributed by atoms with Crippen LogP contribution in [-0.2, 0) is 0 Å². The fraction of sp³-hybridized carbons (Fsp3) is 0.286. The molecule has 29 heavy (non-hydrogen) atoms. The summed E-state index contributed by atoms with van der Waals surface area (Å²) in [5.74, 6) is 2.08. The number of carbonyl (C=O) groups excluding carboxylic acids is 1. The van der Waals surface area contributed by atoms with Gasteiger partial charge in [-0.1, -0.05) is 29.8 Å². The van der Waals surface area contributed by atoms with Crippen LogP contribution in [0.2, 0.25) is 0 Å². The van der Waals surface area contributed by atoms with Crippen molar-refractivity contribution in [3.8, 4) is 28.6 Å². The third-order valence-corrected chi connectivity index (χ3v) is 4.50. The number of nitrogens with one attached hydrogen (secondary N) is 2. The number of carbonyl (C=O) groups is 1. The molecule has 1 amide bonds. The maximum absolute atomic E-state index is 12.8. The molecule has 0 unspecified atom stereocenters. The Morgan fingerprint density at radius 1 is 1.03 bits per heavy atom. The summed E-state index contributed by atoms with van der Waals surface area (Å²) >= 11 is 0. The van der Waals surface area contributed by atoms with E-state index in [0.29, 0.717) is 34.5 Å². The molecule has 0 radical (unpaired) electrons. The third-order valence-electron chi connectivity index (χ3n) is 4.50. The van der Waals surface area contributed by atoms with E-state index in [1.54, 1.807) is 12.1 Å². The number of aromatic amines is 1. The van der Waals surface area contributed by atoms with Crippen molar-refractivity contribution in [2.75, 3.05) is 21.3 Å². The fourth-order valence-corrected chi connectivity index (χ4v) is 2.86. The molecule has 2 aromatic carbocycles. The van der Waals surface area contributed by atoms with Gasteiger partial charge in [0.05, 0.1) is 27.4 Å². The number of amides is 1. The highest BCUT2D eigenvalue weighted by atomic mass is 16.5. The first-order valence-corrected chi connectivity index (χ1v) is 9.07. The van der Waals surface area contributed by atoms with Crippen molar-refractivity contribution >= 4 is 5.91 Å². The van der Waals surface area contributed by atoms with E-state index in [-0.39, 0.29) is 11.9 Å². The molecule has 0 aliphatic carbocycles. The van der Waals surface area contributed by atoms with Crippen LogP contribution in [0, 0.1) is 6.92 Å². The second-order valence-corrected chi connectivity index (χ2v) is 6.52. The minimum absolute atomic E-state index is 0.301. The highest BCUT2D eigenvalue weighted by Gasteiger charge is 2.20. The van der Waals surface area contributed by atoms with Crippen LogP contribution in [0.5, 0.6) is 17.2 Å². The normalized spacial score (nSPS) is 11.6. The minimum Gasteiger partial charge on any atom is -0.493 e. The van der Waals surface area contributed by atoms with Crippen LogP contribution in [0.25, 0.3) is 11.4 Å². The molecular weight excluding hydrogens is 372 g/mol. The highest BCUT2D eigenvalue weighted by molar-refractivity contribution is 5.95. The van der Waals surface area contributed by atoms with Crippen molar-refractivity contribution < 1.29 is 19.0 Å². The monoisotopic (exact) mass is 396 g/mol. The first kappa shape index (κ1) is 20.2. The third kappa shape index (κ3) is 4.31. The predicted octanol–water partition coefficient (Wildman–Crippen LogP) is 3.30. The molecule has 0 bridgehead atoms. The Hall–Kier alpha value is -3.55. The molecule has 8 heteroatoms. The van der Waals surface area contributed by atoms with Crippen molar-refractivity contribution in [2.24, 2.45) is 0 Å². The van der Waals surface area contributed by atoms with Crippen LogP contribution in [0.15, 0.2) is 36.4 Å². The molecule has 0 spiro atoms. The van der Waals surface area contributed by atoms with E-state index in [4.69, 9.17) is 14.2 Å². The SMILES string of the molecule is COc1cc(C(=O)N[C@@H](C)c2nc(-c3ccc(C)cc3)n[nH]2)cc(OC)c1OC. The van der Waals surface area contributed by atoms with E-state index < -0.39 is 0 Å². The number of aromatic nitrogens is 3. The van der Waals surface area contributed by atoms with Gasteiger partial charge in [-0.2, -0.15) is 5.10 Å². The zero-order chi connectivity index (χ0) is 21.0. The van der Waals surface area contributed by atoms with Gasteiger partial charge in [-0.3, -0.25) is 9.89 Å². The van der Waals surface area contributed by atoms with E-state index in [1.807, 2.05) is 38.1 Å². The zero-order valence-electron chi connectivity index (χ0n) is 17.1. The van der Waals surface area contributed by atoms with Crippen molar-refractivity contribution in [3.63, 3.8) is 0 Å². The van der Waals surface area contributed by atoms with Crippen LogP contribution in [-0.4, -0.2) is 42.4 Å². The number of rotatable bonds is 7. The van der Waals surface area contributed by atoms with Gasteiger partial charge < -0.3 is 19.5 Å².